The van der Waals surface area contributed by atoms with Gasteiger partial charge < -0.3 is 8.83 Å². The summed E-state index contributed by atoms with van der Waals surface area (Å²) in [7, 11) is 0. The summed E-state index contributed by atoms with van der Waals surface area (Å²) in [6, 6.07) is 16.3. The monoisotopic (exact) mass is 368 g/mol. The molecule has 1 aliphatic rings. The lowest BCUT2D eigenvalue weighted by atomic mass is 9.86. The Bertz CT molecular complexity index is 1310. The Morgan fingerprint density at radius 1 is 0.750 bits per heavy atom. The Hall–Kier alpha value is -3.14. The third-order valence-corrected chi connectivity index (χ3v) is 6.00. The topological polar surface area (TPSA) is 52.1 Å². The Morgan fingerprint density at radius 3 is 2.50 bits per heavy atom. The number of rotatable bonds is 2. The Morgan fingerprint density at radius 2 is 1.57 bits per heavy atom. The highest BCUT2D eigenvalue weighted by Crippen LogP contribution is 2.40. The third kappa shape index (κ3) is 2.37. The smallest absolute Gasteiger partial charge is 0.181 e. The van der Waals surface area contributed by atoms with Gasteiger partial charge in [-0.05, 0) is 43.2 Å². The molecule has 0 amide bonds. The van der Waals surface area contributed by atoms with Crippen molar-refractivity contribution >= 4 is 33.1 Å². The lowest BCUT2D eigenvalue weighted by molar-refractivity contribution is 0.436. The fourth-order valence-corrected chi connectivity index (χ4v) is 4.57. The molecule has 3 aromatic heterocycles. The first kappa shape index (κ1) is 15.9. The van der Waals surface area contributed by atoms with E-state index in [1.54, 1.807) is 6.33 Å². The van der Waals surface area contributed by atoms with Gasteiger partial charge in [0.2, 0.25) is 0 Å². The van der Waals surface area contributed by atoms with Crippen molar-refractivity contribution in [1.82, 2.24) is 9.97 Å². The zero-order valence-corrected chi connectivity index (χ0v) is 15.5. The fourth-order valence-electron chi connectivity index (χ4n) is 4.57. The summed E-state index contributed by atoms with van der Waals surface area (Å²) in [5.74, 6) is 0.548. The maximum atomic E-state index is 6.32. The Kier molecular flexibility index (Phi) is 3.51. The van der Waals surface area contributed by atoms with Crippen molar-refractivity contribution in [1.29, 1.82) is 0 Å². The van der Waals surface area contributed by atoms with Crippen LogP contribution in [0.3, 0.4) is 0 Å². The van der Waals surface area contributed by atoms with Crippen molar-refractivity contribution in [2.75, 3.05) is 0 Å². The van der Waals surface area contributed by atoms with E-state index in [1.165, 1.54) is 32.1 Å². The lowest BCUT2D eigenvalue weighted by Gasteiger charge is -2.21. The van der Waals surface area contributed by atoms with Gasteiger partial charge in [0.1, 0.15) is 17.5 Å². The minimum Gasteiger partial charge on any atom is -0.452 e. The molecule has 3 heterocycles. The van der Waals surface area contributed by atoms with Gasteiger partial charge in [0, 0.05) is 17.2 Å². The lowest BCUT2D eigenvalue weighted by Crippen LogP contribution is -2.07. The van der Waals surface area contributed by atoms with Crippen molar-refractivity contribution in [2.24, 2.45) is 0 Å². The zero-order valence-electron chi connectivity index (χ0n) is 15.5. The average Bonchev–Trinajstić information content (AvgIpc) is 3.31. The van der Waals surface area contributed by atoms with Crippen molar-refractivity contribution < 1.29 is 8.83 Å². The van der Waals surface area contributed by atoms with Gasteiger partial charge in [-0.25, -0.2) is 9.97 Å². The molecule has 6 rings (SSSR count). The molecule has 5 aromatic rings. The number of furan rings is 2. The van der Waals surface area contributed by atoms with Gasteiger partial charge in [0.25, 0.3) is 0 Å². The van der Waals surface area contributed by atoms with Crippen molar-refractivity contribution in [2.45, 2.75) is 38.0 Å². The third-order valence-electron chi connectivity index (χ3n) is 6.00. The predicted molar refractivity (Wildman–Crippen MR) is 110 cm³/mol. The molecule has 1 aliphatic carbocycles. The number of hydrogen-bond acceptors (Lipinski definition) is 4. The standard InChI is InChI=1S/C24H20N2O2/c1-2-7-15(8-3-1)19-13-20(26-14-25-19)16-10-6-11-18-22(16)28-23-17-9-4-5-12-21(17)27-24(18)23/h4-6,9-15H,1-3,7-8H2. The molecule has 0 atom stereocenters. The number of hydrogen-bond donors (Lipinski definition) is 0. The maximum absolute atomic E-state index is 6.32. The number of fused-ring (bicyclic) bond motifs is 5. The summed E-state index contributed by atoms with van der Waals surface area (Å²) >= 11 is 0. The summed E-state index contributed by atoms with van der Waals surface area (Å²) in [4.78, 5) is 9.15. The van der Waals surface area contributed by atoms with Gasteiger partial charge in [-0.3, -0.25) is 0 Å². The van der Waals surface area contributed by atoms with Crippen LogP contribution in [0.1, 0.15) is 43.7 Å². The van der Waals surface area contributed by atoms with Gasteiger partial charge in [0.05, 0.1) is 16.5 Å². The van der Waals surface area contributed by atoms with E-state index in [0.717, 1.165) is 50.1 Å². The second-order valence-corrected chi connectivity index (χ2v) is 7.70. The quantitative estimate of drug-likeness (QED) is 0.342. The van der Waals surface area contributed by atoms with Crippen LogP contribution in [0.2, 0.25) is 0 Å². The van der Waals surface area contributed by atoms with Crippen LogP contribution in [0.25, 0.3) is 44.4 Å². The molecule has 4 heteroatoms. The zero-order chi connectivity index (χ0) is 18.5. The van der Waals surface area contributed by atoms with E-state index in [4.69, 9.17) is 8.83 Å². The Balaban J connectivity index is 1.53. The van der Waals surface area contributed by atoms with Gasteiger partial charge >= 0.3 is 0 Å². The normalized spacial score (nSPS) is 15.7. The molecule has 28 heavy (non-hydrogen) atoms. The molecule has 138 valence electrons. The second-order valence-electron chi connectivity index (χ2n) is 7.70. The first-order valence-corrected chi connectivity index (χ1v) is 10.0. The molecular formula is C24H20N2O2. The van der Waals surface area contributed by atoms with E-state index in [1.807, 2.05) is 30.3 Å². The molecule has 2 aromatic carbocycles. The van der Waals surface area contributed by atoms with Crippen molar-refractivity contribution in [3.05, 3.63) is 60.6 Å². The molecule has 4 nitrogen and oxygen atoms in total. The van der Waals surface area contributed by atoms with Crippen LogP contribution in [0, 0.1) is 0 Å². The van der Waals surface area contributed by atoms with Gasteiger partial charge in [-0.15, -0.1) is 0 Å². The second kappa shape index (κ2) is 6.20. The molecule has 0 saturated heterocycles. The number of nitrogens with zero attached hydrogens (tertiary/aromatic N) is 2. The van der Waals surface area contributed by atoms with E-state index >= 15 is 0 Å². The first-order chi connectivity index (χ1) is 13.9. The molecule has 1 saturated carbocycles. The van der Waals surface area contributed by atoms with E-state index in [2.05, 4.69) is 28.2 Å². The first-order valence-electron chi connectivity index (χ1n) is 10.0. The molecule has 1 fully saturated rings. The van der Waals surface area contributed by atoms with E-state index < -0.39 is 0 Å². The molecule has 0 spiro atoms. The van der Waals surface area contributed by atoms with Crippen LogP contribution in [0.15, 0.2) is 63.7 Å². The van der Waals surface area contributed by atoms with Gasteiger partial charge in [-0.1, -0.05) is 37.5 Å². The summed E-state index contributed by atoms with van der Waals surface area (Å²) in [5, 5.41) is 1.99. The highest BCUT2D eigenvalue weighted by atomic mass is 16.4. The predicted octanol–water partition coefficient (Wildman–Crippen LogP) is 6.84. The number of benzene rings is 2. The van der Waals surface area contributed by atoms with Crippen LogP contribution in [0.4, 0.5) is 0 Å². The largest absolute Gasteiger partial charge is 0.452 e. The molecule has 0 unspecified atom stereocenters. The van der Waals surface area contributed by atoms with Crippen LogP contribution < -0.4 is 0 Å². The summed E-state index contributed by atoms with van der Waals surface area (Å²) < 4.78 is 12.4. The van der Waals surface area contributed by atoms with Gasteiger partial charge in [-0.2, -0.15) is 0 Å². The van der Waals surface area contributed by atoms with Crippen LogP contribution >= 0.6 is 0 Å². The SMILES string of the molecule is c1ccc2c(c1)oc1c3cccc(-c4cc(C5CCCCC5)ncn4)c3oc21. The highest BCUT2D eigenvalue weighted by Gasteiger charge is 2.21. The Labute approximate surface area is 162 Å². The fraction of sp³-hybridized carbons (Fsp3) is 0.250. The van der Waals surface area contributed by atoms with Crippen LogP contribution in [-0.2, 0) is 0 Å². The molecular weight excluding hydrogens is 348 g/mol. The molecule has 0 N–H and O–H groups in total. The van der Waals surface area contributed by atoms with E-state index in [0.29, 0.717) is 5.92 Å². The number of para-hydroxylation sites is 2. The minimum absolute atomic E-state index is 0.548. The minimum atomic E-state index is 0.548. The molecule has 0 aliphatic heterocycles. The molecule has 0 bridgehead atoms. The molecule has 0 radical (unpaired) electrons. The van der Waals surface area contributed by atoms with Crippen molar-refractivity contribution in [3.63, 3.8) is 0 Å². The average molecular weight is 368 g/mol. The highest BCUT2D eigenvalue weighted by molar-refractivity contribution is 6.14. The van der Waals surface area contributed by atoms with Crippen molar-refractivity contribution in [3.8, 4) is 11.3 Å². The van der Waals surface area contributed by atoms with Crippen LogP contribution in [-0.4, -0.2) is 9.97 Å². The number of aromatic nitrogens is 2. The summed E-state index contributed by atoms with van der Waals surface area (Å²) in [6.45, 7) is 0. The van der Waals surface area contributed by atoms with E-state index in [-0.39, 0.29) is 0 Å². The summed E-state index contributed by atoms with van der Waals surface area (Å²) in [5.41, 5.74) is 6.36. The van der Waals surface area contributed by atoms with Gasteiger partial charge in [0.15, 0.2) is 11.2 Å². The maximum Gasteiger partial charge on any atom is 0.181 e. The van der Waals surface area contributed by atoms with E-state index in [9.17, 15) is 0 Å². The summed E-state index contributed by atoms with van der Waals surface area (Å²) in [6.07, 6.45) is 8.07. The van der Waals surface area contributed by atoms with Crippen LogP contribution in [0.5, 0.6) is 0 Å².